The van der Waals surface area contributed by atoms with Crippen LogP contribution in [0.25, 0.3) is 0 Å². The van der Waals surface area contributed by atoms with Gasteiger partial charge in [0.05, 0.1) is 5.02 Å². The van der Waals surface area contributed by atoms with Crippen LogP contribution in [0.1, 0.15) is 17.6 Å². The van der Waals surface area contributed by atoms with Gasteiger partial charge in [-0.3, -0.25) is 0 Å². The fourth-order valence-corrected chi connectivity index (χ4v) is 1.59. The summed E-state index contributed by atoms with van der Waals surface area (Å²) in [6, 6.07) is 0. The molecule has 13 heavy (non-hydrogen) atoms. The Morgan fingerprint density at radius 2 is 2.23 bits per heavy atom. The van der Waals surface area contributed by atoms with E-state index in [0.29, 0.717) is 9.26 Å². The maximum atomic E-state index is 12.5. The Morgan fingerprint density at radius 3 is 2.69 bits per heavy atom. The van der Waals surface area contributed by atoms with E-state index in [4.69, 9.17) is 17.3 Å². The maximum absolute atomic E-state index is 12.5. The molecule has 0 aliphatic heterocycles. The molecule has 0 spiro atoms. The largest absolute Gasteiger partial charge is 0.326 e. The average molecular weight is 318 g/mol. The van der Waals surface area contributed by atoms with Gasteiger partial charge in [0.15, 0.2) is 0 Å². The first-order chi connectivity index (χ1) is 6.07. The Hall–Kier alpha value is -0.0100. The zero-order chi connectivity index (χ0) is 10.0. The second kappa shape index (κ2) is 4.47. The first-order valence-corrected chi connectivity index (χ1v) is 4.84. The molecule has 0 saturated carbocycles. The zero-order valence-corrected chi connectivity index (χ0v) is 9.31. The Bertz CT molecular complexity index is 320. The zero-order valence-electron chi connectivity index (χ0n) is 6.40. The van der Waals surface area contributed by atoms with E-state index in [1.807, 2.05) is 0 Å². The molecule has 0 unspecified atom stereocenters. The second-order valence-electron chi connectivity index (χ2n) is 2.31. The smallest absolute Gasteiger partial charge is 0.265 e. The summed E-state index contributed by atoms with van der Waals surface area (Å²) >= 11 is 7.47. The molecule has 0 radical (unpaired) electrons. The third-order valence-corrected chi connectivity index (χ3v) is 3.05. The molecule has 0 atom stereocenters. The summed E-state index contributed by atoms with van der Waals surface area (Å²) in [7, 11) is 0. The number of pyridine rings is 1. The number of aromatic nitrogens is 1. The van der Waals surface area contributed by atoms with E-state index in [-0.39, 0.29) is 17.1 Å². The molecule has 1 aromatic rings. The molecule has 1 aromatic heterocycles. The van der Waals surface area contributed by atoms with Crippen molar-refractivity contribution >= 4 is 34.2 Å². The molecule has 0 saturated heterocycles. The summed E-state index contributed by atoms with van der Waals surface area (Å²) in [6.45, 7) is 0.0172. The Labute approximate surface area is 92.6 Å². The number of halogens is 4. The van der Waals surface area contributed by atoms with E-state index in [0.717, 1.165) is 0 Å². The second-order valence-corrected chi connectivity index (χ2v) is 3.71. The van der Waals surface area contributed by atoms with E-state index in [1.54, 1.807) is 22.6 Å². The lowest BCUT2D eigenvalue weighted by Crippen LogP contribution is -2.05. The van der Waals surface area contributed by atoms with Crippen LogP contribution in [0.3, 0.4) is 0 Å². The van der Waals surface area contributed by atoms with Gasteiger partial charge < -0.3 is 5.73 Å². The third kappa shape index (κ3) is 2.26. The molecule has 72 valence electrons. The SMILES string of the molecule is NCc1cnc(I)c(Cl)c1C(F)F. The predicted octanol–water partition coefficient (Wildman–Crippen LogP) is 2.74. The lowest BCUT2D eigenvalue weighted by Gasteiger charge is -2.09. The molecule has 1 rings (SSSR count). The lowest BCUT2D eigenvalue weighted by atomic mass is 10.1. The first kappa shape index (κ1) is 11.1. The van der Waals surface area contributed by atoms with Crippen molar-refractivity contribution in [2.24, 2.45) is 5.73 Å². The minimum atomic E-state index is -2.61. The summed E-state index contributed by atoms with van der Waals surface area (Å²) < 4.78 is 25.3. The van der Waals surface area contributed by atoms with Crippen molar-refractivity contribution in [3.05, 3.63) is 26.0 Å². The van der Waals surface area contributed by atoms with Crippen LogP contribution in [0.4, 0.5) is 8.78 Å². The molecule has 0 aliphatic rings. The Balaban J connectivity index is 3.32. The standard InChI is InChI=1S/C7H6ClF2IN2/c8-5-4(6(9)10)3(1-12)2-13-7(5)11/h2,6H,1,12H2. The molecular formula is C7H6ClF2IN2. The van der Waals surface area contributed by atoms with Crippen LogP contribution >= 0.6 is 34.2 Å². The number of nitrogens with two attached hydrogens (primary N) is 1. The van der Waals surface area contributed by atoms with Crippen molar-refractivity contribution in [3.63, 3.8) is 0 Å². The van der Waals surface area contributed by atoms with Crippen molar-refractivity contribution in [2.45, 2.75) is 13.0 Å². The van der Waals surface area contributed by atoms with Crippen LogP contribution in [0.2, 0.25) is 5.02 Å². The average Bonchev–Trinajstić information content (AvgIpc) is 2.08. The lowest BCUT2D eigenvalue weighted by molar-refractivity contribution is 0.150. The predicted molar refractivity (Wildman–Crippen MR) is 54.8 cm³/mol. The fourth-order valence-electron chi connectivity index (χ4n) is 0.911. The minimum absolute atomic E-state index is 0.00134. The van der Waals surface area contributed by atoms with Crippen LogP contribution in [-0.2, 0) is 6.54 Å². The first-order valence-electron chi connectivity index (χ1n) is 3.39. The summed E-state index contributed by atoms with van der Waals surface area (Å²) in [4.78, 5) is 3.83. The molecule has 1 heterocycles. The molecule has 2 nitrogen and oxygen atoms in total. The molecule has 0 bridgehead atoms. The molecule has 6 heteroatoms. The number of hydrogen-bond acceptors (Lipinski definition) is 2. The van der Waals surface area contributed by atoms with E-state index >= 15 is 0 Å². The Morgan fingerprint density at radius 1 is 1.62 bits per heavy atom. The summed E-state index contributed by atoms with van der Waals surface area (Å²) in [5.74, 6) is 0. The summed E-state index contributed by atoms with van der Waals surface area (Å²) in [5.41, 5.74) is 5.36. The number of alkyl halides is 2. The van der Waals surface area contributed by atoms with Gasteiger partial charge in [-0.05, 0) is 28.2 Å². The summed E-state index contributed by atoms with van der Waals surface area (Å²) in [6.07, 6.45) is -1.28. The topological polar surface area (TPSA) is 38.9 Å². The highest BCUT2D eigenvalue weighted by molar-refractivity contribution is 14.1. The molecule has 0 amide bonds. The number of rotatable bonds is 2. The van der Waals surface area contributed by atoms with Gasteiger partial charge in [0.25, 0.3) is 6.43 Å². The van der Waals surface area contributed by atoms with Gasteiger partial charge in [0, 0.05) is 18.3 Å². The van der Waals surface area contributed by atoms with E-state index in [1.165, 1.54) is 6.20 Å². The number of nitrogens with zero attached hydrogens (tertiary/aromatic N) is 1. The third-order valence-electron chi connectivity index (χ3n) is 1.54. The molecule has 0 aromatic carbocycles. The van der Waals surface area contributed by atoms with E-state index < -0.39 is 6.43 Å². The fraction of sp³-hybridized carbons (Fsp3) is 0.286. The molecular weight excluding hydrogens is 312 g/mol. The van der Waals surface area contributed by atoms with Crippen molar-refractivity contribution < 1.29 is 8.78 Å². The van der Waals surface area contributed by atoms with Crippen molar-refractivity contribution in [1.29, 1.82) is 0 Å². The van der Waals surface area contributed by atoms with Gasteiger partial charge in [0.1, 0.15) is 3.70 Å². The van der Waals surface area contributed by atoms with E-state index in [2.05, 4.69) is 4.98 Å². The quantitative estimate of drug-likeness (QED) is 0.673. The highest BCUT2D eigenvalue weighted by atomic mass is 127. The van der Waals surface area contributed by atoms with Crippen LogP contribution in [0, 0.1) is 3.70 Å². The normalized spacial score (nSPS) is 10.9. The van der Waals surface area contributed by atoms with Crippen LogP contribution in [-0.4, -0.2) is 4.98 Å². The Kier molecular flexibility index (Phi) is 3.81. The highest BCUT2D eigenvalue weighted by Crippen LogP contribution is 2.32. The van der Waals surface area contributed by atoms with Crippen molar-refractivity contribution in [2.75, 3.05) is 0 Å². The van der Waals surface area contributed by atoms with Gasteiger partial charge in [-0.25, -0.2) is 13.8 Å². The van der Waals surface area contributed by atoms with Gasteiger partial charge in [-0.1, -0.05) is 11.6 Å². The van der Waals surface area contributed by atoms with Crippen molar-refractivity contribution in [1.82, 2.24) is 4.98 Å². The highest BCUT2D eigenvalue weighted by Gasteiger charge is 2.18. The van der Waals surface area contributed by atoms with Crippen LogP contribution in [0.15, 0.2) is 6.20 Å². The van der Waals surface area contributed by atoms with Gasteiger partial charge in [-0.15, -0.1) is 0 Å². The van der Waals surface area contributed by atoms with Gasteiger partial charge in [0.2, 0.25) is 0 Å². The van der Waals surface area contributed by atoms with Crippen molar-refractivity contribution in [3.8, 4) is 0 Å². The van der Waals surface area contributed by atoms with Crippen LogP contribution < -0.4 is 5.73 Å². The monoisotopic (exact) mass is 318 g/mol. The minimum Gasteiger partial charge on any atom is -0.326 e. The molecule has 0 aliphatic carbocycles. The number of hydrogen-bond donors (Lipinski definition) is 1. The molecule has 2 N–H and O–H groups in total. The van der Waals surface area contributed by atoms with Gasteiger partial charge in [-0.2, -0.15) is 0 Å². The van der Waals surface area contributed by atoms with Gasteiger partial charge >= 0.3 is 0 Å². The summed E-state index contributed by atoms with van der Waals surface area (Å²) in [5, 5.41) is -0.00134. The molecule has 0 fully saturated rings. The maximum Gasteiger partial charge on any atom is 0.265 e. The van der Waals surface area contributed by atoms with E-state index in [9.17, 15) is 8.78 Å². The van der Waals surface area contributed by atoms with Crippen LogP contribution in [0.5, 0.6) is 0 Å².